The van der Waals surface area contributed by atoms with Crippen molar-refractivity contribution in [2.24, 2.45) is 5.84 Å². The van der Waals surface area contributed by atoms with E-state index in [0.717, 1.165) is 37.1 Å². The van der Waals surface area contributed by atoms with E-state index in [2.05, 4.69) is 10.7 Å². The normalized spacial score (nSPS) is 18.3. The number of piperidine rings is 1. The zero-order valence-electron chi connectivity index (χ0n) is 15.0. The van der Waals surface area contributed by atoms with Gasteiger partial charge in [-0.1, -0.05) is 22.4 Å². The molecule has 0 spiro atoms. The molecule has 0 aliphatic carbocycles. The van der Waals surface area contributed by atoms with Crippen LogP contribution in [-0.2, 0) is 9.53 Å². The zero-order valence-corrected chi connectivity index (χ0v) is 16.7. The third kappa shape index (κ3) is 4.33. The molecule has 1 aromatic heterocycles. The quantitative estimate of drug-likeness (QED) is 0.164. The lowest BCUT2D eigenvalue weighted by molar-refractivity contribution is 0.150. The van der Waals surface area contributed by atoms with Gasteiger partial charge in [0.1, 0.15) is 11.0 Å². The van der Waals surface area contributed by atoms with Crippen LogP contribution in [0.25, 0.3) is 11.1 Å². The molecule has 9 heteroatoms. The number of hydrogen-bond acceptors (Lipinski definition) is 8. The van der Waals surface area contributed by atoms with Gasteiger partial charge < -0.3 is 20.0 Å². The van der Waals surface area contributed by atoms with E-state index in [-0.39, 0.29) is 12.0 Å². The summed E-state index contributed by atoms with van der Waals surface area (Å²) in [6.45, 7) is 1.79. The Hall–Kier alpha value is -1.91. The average Bonchev–Trinajstić information content (AvgIpc) is 3.13. The highest BCUT2D eigenvalue weighted by molar-refractivity contribution is 8.39. The molecule has 1 unspecified atom stereocenters. The van der Waals surface area contributed by atoms with E-state index >= 15 is 0 Å². The van der Waals surface area contributed by atoms with Gasteiger partial charge in [0, 0.05) is 15.8 Å². The molecule has 7 nitrogen and oxygen atoms in total. The molecule has 3 rings (SSSR count). The Morgan fingerprint density at radius 1 is 1.41 bits per heavy atom. The Labute approximate surface area is 163 Å². The number of rotatable bonds is 6. The molecule has 1 aliphatic rings. The molecule has 0 amide bonds. The molecule has 0 bridgehead atoms. The van der Waals surface area contributed by atoms with E-state index in [0.29, 0.717) is 21.1 Å². The van der Waals surface area contributed by atoms with Crippen LogP contribution < -0.4 is 16.6 Å². The second-order valence-electron chi connectivity index (χ2n) is 6.45. The Morgan fingerprint density at radius 3 is 2.67 bits per heavy atom. The number of nitrogens with one attached hydrogen (secondary N) is 3. The van der Waals surface area contributed by atoms with Crippen LogP contribution in [0.15, 0.2) is 34.5 Å². The number of hydrogen-bond donors (Lipinski definition) is 5. The molecule has 2 aromatic rings. The van der Waals surface area contributed by atoms with Crippen LogP contribution in [0.4, 0.5) is 5.69 Å². The fraction of sp³-hybridized carbons (Fsp3) is 0.333. The van der Waals surface area contributed by atoms with E-state index < -0.39 is 10.3 Å². The number of thiophene rings is 1. The number of nitrogens with two attached hydrogens (primary N) is 1. The van der Waals surface area contributed by atoms with Gasteiger partial charge in [0.15, 0.2) is 5.62 Å². The SMILES string of the molecule is CS(O)(C=O)c1ccc(-c2csc(C(=N)OC3CCNCC3)c2NN)cc1. The highest BCUT2D eigenvalue weighted by Crippen LogP contribution is 2.46. The van der Waals surface area contributed by atoms with Crippen molar-refractivity contribution in [3.8, 4) is 11.1 Å². The van der Waals surface area contributed by atoms with E-state index in [9.17, 15) is 9.35 Å². The van der Waals surface area contributed by atoms with Gasteiger partial charge in [-0.05, 0) is 49.9 Å². The predicted octanol–water partition coefficient (Wildman–Crippen LogP) is 3.25. The summed E-state index contributed by atoms with van der Waals surface area (Å²) in [4.78, 5) is 12.3. The van der Waals surface area contributed by atoms with Crippen LogP contribution in [0.2, 0.25) is 0 Å². The summed E-state index contributed by atoms with van der Waals surface area (Å²) in [6, 6.07) is 7.16. The molecule has 146 valence electrons. The first-order valence-corrected chi connectivity index (χ1v) is 11.5. The van der Waals surface area contributed by atoms with Crippen LogP contribution in [0.3, 0.4) is 0 Å². The molecule has 6 N–H and O–H groups in total. The molecule has 0 saturated carbocycles. The summed E-state index contributed by atoms with van der Waals surface area (Å²) in [5, 5.41) is 13.5. The molecule has 0 radical (unpaired) electrons. The van der Waals surface area contributed by atoms with E-state index in [1.54, 1.807) is 12.1 Å². The molecule has 1 aliphatic heterocycles. The summed E-state index contributed by atoms with van der Waals surface area (Å²) in [5.74, 6) is 5.86. The number of hydrazine groups is 1. The second-order valence-corrected chi connectivity index (χ2v) is 9.87. The Bertz CT molecular complexity index is 815. The standard InChI is InChI=1S/C18H24N4O3S2/c1-27(24,11-23)14-4-2-12(3-5-14)15-10-26-17(16(15)22-20)18(19)25-13-6-8-21-9-7-13/h2-5,10-11,13,19,21-22,24H,6-9,20H2,1H3. The van der Waals surface area contributed by atoms with Crippen LogP contribution in [0.1, 0.15) is 17.7 Å². The van der Waals surface area contributed by atoms with Crippen molar-refractivity contribution in [1.29, 1.82) is 5.41 Å². The monoisotopic (exact) mass is 408 g/mol. The molecule has 1 aromatic carbocycles. The van der Waals surface area contributed by atoms with Crippen LogP contribution in [0.5, 0.6) is 0 Å². The third-order valence-corrected chi connectivity index (χ3v) is 7.12. The minimum absolute atomic E-state index is 0.0442. The minimum Gasteiger partial charge on any atom is -0.474 e. The molecule has 27 heavy (non-hydrogen) atoms. The largest absolute Gasteiger partial charge is 0.474 e. The summed E-state index contributed by atoms with van der Waals surface area (Å²) in [5.41, 5.74) is 5.66. The van der Waals surface area contributed by atoms with Gasteiger partial charge >= 0.3 is 0 Å². The number of ether oxygens (including phenoxy) is 1. The maximum Gasteiger partial charge on any atom is 0.226 e. The number of carbonyl (C=O) groups excluding carboxylic acids is 1. The highest BCUT2D eigenvalue weighted by Gasteiger charge is 2.22. The first kappa shape index (κ1) is 19.8. The first-order chi connectivity index (χ1) is 13.0. The highest BCUT2D eigenvalue weighted by atomic mass is 32.3. The molecule has 1 fully saturated rings. The Kier molecular flexibility index (Phi) is 6.18. The molecular formula is C18H24N4O3S2. The van der Waals surface area contributed by atoms with Crippen molar-refractivity contribution < 1.29 is 14.1 Å². The van der Waals surface area contributed by atoms with Crippen molar-refractivity contribution in [2.45, 2.75) is 23.8 Å². The van der Waals surface area contributed by atoms with E-state index in [1.165, 1.54) is 17.6 Å². The molecule has 2 heterocycles. The Balaban J connectivity index is 1.83. The minimum atomic E-state index is -2.41. The number of nitrogen functional groups attached to an aromatic ring is 1. The fourth-order valence-electron chi connectivity index (χ4n) is 2.98. The fourth-order valence-corrected chi connectivity index (χ4v) is 4.71. The van der Waals surface area contributed by atoms with Crippen molar-refractivity contribution >= 4 is 38.8 Å². The van der Waals surface area contributed by atoms with E-state index in [4.69, 9.17) is 16.0 Å². The molecule has 1 saturated heterocycles. The zero-order chi connectivity index (χ0) is 19.4. The summed E-state index contributed by atoms with van der Waals surface area (Å²) in [6.07, 6.45) is 3.34. The van der Waals surface area contributed by atoms with Crippen molar-refractivity contribution in [3.05, 3.63) is 34.5 Å². The van der Waals surface area contributed by atoms with Gasteiger partial charge in [-0.3, -0.25) is 16.0 Å². The van der Waals surface area contributed by atoms with Gasteiger partial charge in [0.25, 0.3) is 0 Å². The van der Waals surface area contributed by atoms with Gasteiger partial charge in [0.05, 0.1) is 5.69 Å². The number of anilines is 1. The van der Waals surface area contributed by atoms with Crippen molar-refractivity contribution in [2.75, 3.05) is 24.8 Å². The first-order valence-electron chi connectivity index (χ1n) is 8.57. The van der Waals surface area contributed by atoms with Gasteiger partial charge in [0.2, 0.25) is 5.90 Å². The molecule has 1 atom stereocenters. The lowest BCUT2D eigenvalue weighted by atomic mass is 10.1. The summed E-state index contributed by atoms with van der Waals surface area (Å²) in [7, 11) is -2.41. The van der Waals surface area contributed by atoms with Crippen LogP contribution in [0, 0.1) is 5.41 Å². The van der Waals surface area contributed by atoms with Gasteiger partial charge in [-0.25, -0.2) is 0 Å². The van der Waals surface area contributed by atoms with Crippen molar-refractivity contribution in [1.82, 2.24) is 5.32 Å². The Morgan fingerprint density at radius 2 is 2.07 bits per heavy atom. The third-order valence-electron chi connectivity index (χ3n) is 4.54. The maximum atomic E-state index is 11.0. The smallest absolute Gasteiger partial charge is 0.226 e. The van der Waals surface area contributed by atoms with Crippen LogP contribution >= 0.6 is 21.6 Å². The summed E-state index contributed by atoms with van der Waals surface area (Å²) < 4.78 is 16.0. The van der Waals surface area contributed by atoms with Crippen molar-refractivity contribution in [3.63, 3.8) is 0 Å². The predicted molar refractivity (Wildman–Crippen MR) is 113 cm³/mol. The van der Waals surface area contributed by atoms with Gasteiger partial charge in [-0.2, -0.15) is 0 Å². The lowest BCUT2D eigenvalue weighted by Crippen LogP contribution is -2.33. The van der Waals surface area contributed by atoms with Gasteiger partial charge in [-0.15, -0.1) is 11.3 Å². The number of carbonyl (C=O) groups is 1. The molecular weight excluding hydrogens is 384 g/mol. The second kappa shape index (κ2) is 8.41. The van der Waals surface area contributed by atoms with Crippen LogP contribution in [-0.4, -0.2) is 41.5 Å². The number of benzene rings is 1. The van der Waals surface area contributed by atoms with E-state index in [1.807, 2.05) is 17.5 Å². The lowest BCUT2D eigenvalue weighted by Gasteiger charge is -2.24. The average molecular weight is 409 g/mol. The maximum absolute atomic E-state index is 11.0. The topological polar surface area (TPSA) is 120 Å². The summed E-state index contributed by atoms with van der Waals surface area (Å²) >= 11 is 1.40.